The number of aromatic nitrogens is 5. The maximum Gasteiger partial charge on any atom is 0.335 e. The van der Waals surface area contributed by atoms with Gasteiger partial charge in [0.1, 0.15) is 11.4 Å². The van der Waals surface area contributed by atoms with E-state index in [4.69, 9.17) is 38.1 Å². The first-order valence-corrected chi connectivity index (χ1v) is 17.3. The minimum atomic E-state index is -1.02. The molecule has 1 aliphatic heterocycles. The molecule has 3 aromatic carbocycles. The molecule has 4 heterocycles. The van der Waals surface area contributed by atoms with E-state index < -0.39 is 5.97 Å². The van der Waals surface area contributed by atoms with Crippen LogP contribution in [0.5, 0.6) is 5.75 Å². The number of carboxylic acid groups (broad SMARTS) is 1. The van der Waals surface area contributed by atoms with E-state index in [1.165, 1.54) is 0 Å². The topological polar surface area (TPSA) is 107 Å². The Labute approximate surface area is 299 Å². The molecule has 0 radical (unpaired) electrons. The minimum Gasteiger partial charge on any atom is -0.494 e. The lowest BCUT2D eigenvalue weighted by molar-refractivity contribution is 0.0696. The number of aromatic carboxylic acids is 1. The first-order chi connectivity index (χ1) is 23.8. The monoisotopic (exact) mass is 712 g/mol. The highest BCUT2D eigenvalue weighted by atomic mass is 35.5. The quantitative estimate of drug-likeness (QED) is 0.159. The van der Waals surface area contributed by atoms with Crippen LogP contribution in [0.25, 0.3) is 32.9 Å². The number of halogens is 2. The van der Waals surface area contributed by atoms with Gasteiger partial charge < -0.3 is 14.4 Å². The van der Waals surface area contributed by atoms with Crippen LogP contribution in [0.1, 0.15) is 68.3 Å². The molecule has 0 bridgehead atoms. The van der Waals surface area contributed by atoms with E-state index >= 15 is 0 Å². The number of benzene rings is 3. The van der Waals surface area contributed by atoms with Gasteiger partial charge in [-0.2, -0.15) is 10.2 Å². The molecule has 0 aliphatic carbocycles. The fourth-order valence-electron chi connectivity index (χ4n) is 7.48. The summed E-state index contributed by atoms with van der Waals surface area (Å²) in [5.41, 5.74) is 8.77. The molecule has 0 saturated carbocycles. The summed E-state index contributed by atoms with van der Waals surface area (Å²) in [6.07, 6.45) is 1.23. The Balaban J connectivity index is 1.37. The molecular formula is C38H38Cl2N6O4. The van der Waals surface area contributed by atoms with Crippen molar-refractivity contribution in [3.63, 3.8) is 0 Å². The van der Waals surface area contributed by atoms with Gasteiger partial charge >= 0.3 is 5.97 Å². The zero-order chi connectivity index (χ0) is 35.8. The standard InChI is InChI=1S/C38H38Cl2N6O4/c1-19-15-25(16-20(2)33(19)40)50-14-8-9-26-27-12-13-29(39)32(31-22(4)41-43(6)23(31)5)34(27)46-21(3)18-45(37(47)35(26)46)36-28-11-10-24(38(48)49)17-30(28)44(7)42-36/h10-13,15-17,21H,8-9,14,18H2,1-7H3,(H,48,49)/t21-/m1/s1. The normalized spacial score (nSPS) is 14.6. The van der Waals surface area contributed by atoms with Crippen LogP contribution in [-0.4, -0.2) is 54.3 Å². The summed E-state index contributed by atoms with van der Waals surface area (Å²) in [5.74, 6) is 0.0509. The highest BCUT2D eigenvalue weighted by Gasteiger charge is 2.38. The van der Waals surface area contributed by atoms with Gasteiger partial charge in [0.2, 0.25) is 0 Å². The summed E-state index contributed by atoms with van der Waals surface area (Å²) in [6.45, 7) is 10.8. The van der Waals surface area contributed by atoms with Crippen molar-refractivity contribution < 1.29 is 19.4 Å². The van der Waals surface area contributed by atoms with Crippen LogP contribution < -0.4 is 9.64 Å². The van der Waals surface area contributed by atoms with E-state index in [0.29, 0.717) is 53.4 Å². The van der Waals surface area contributed by atoms with Gasteiger partial charge in [-0.05, 0) is 101 Å². The number of aryl methyl sites for hydroxylation is 6. The van der Waals surface area contributed by atoms with Crippen molar-refractivity contribution >= 4 is 62.7 Å². The van der Waals surface area contributed by atoms with Crippen molar-refractivity contribution in [3.05, 3.63) is 91.8 Å². The third-order valence-electron chi connectivity index (χ3n) is 9.90. The molecule has 0 fully saturated rings. The van der Waals surface area contributed by atoms with Gasteiger partial charge in [0, 0.05) is 59.3 Å². The zero-order valence-corrected chi connectivity index (χ0v) is 30.6. The lowest BCUT2D eigenvalue weighted by Gasteiger charge is -2.33. The van der Waals surface area contributed by atoms with E-state index in [1.807, 2.05) is 63.7 Å². The number of carbonyl (C=O) groups is 2. The average Bonchev–Trinajstić information content (AvgIpc) is 3.67. The first-order valence-electron chi connectivity index (χ1n) is 16.6. The highest BCUT2D eigenvalue weighted by molar-refractivity contribution is 6.35. The van der Waals surface area contributed by atoms with Crippen molar-refractivity contribution in [2.75, 3.05) is 18.1 Å². The lowest BCUT2D eigenvalue weighted by Crippen LogP contribution is -2.43. The predicted octanol–water partition coefficient (Wildman–Crippen LogP) is 8.40. The minimum absolute atomic E-state index is 0.153. The van der Waals surface area contributed by atoms with Crippen molar-refractivity contribution in [2.45, 2.75) is 53.5 Å². The molecule has 10 nitrogen and oxygen atoms in total. The Morgan fingerprint density at radius 3 is 2.32 bits per heavy atom. The SMILES string of the molecule is Cc1cc(OCCCc2c3n(c4c(-c5c(C)nn(C)c5C)c(Cl)ccc24)[C@H](C)CN(c2nn(C)c4cc(C(=O)O)ccc24)C3=O)cc(C)c1Cl. The molecule has 258 valence electrons. The molecular weight excluding hydrogens is 675 g/mol. The molecule has 7 rings (SSSR count). The molecule has 6 aromatic rings. The predicted molar refractivity (Wildman–Crippen MR) is 197 cm³/mol. The highest BCUT2D eigenvalue weighted by Crippen LogP contribution is 2.45. The summed E-state index contributed by atoms with van der Waals surface area (Å²) in [4.78, 5) is 28.3. The molecule has 3 aromatic heterocycles. The third kappa shape index (κ3) is 5.32. The van der Waals surface area contributed by atoms with Gasteiger partial charge in [-0.1, -0.05) is 29.3 Å². The van der Waals surface area contributed by atoms with Crippen LogP contribution in [0.2, 0.25) is 10.0 Å². The fourth-order valence-corrected chi connectivity index (χ4v) is 7.84. The summed E-state index contributed by atoms with van der Waals surface area (Å²) in [5, 5.41) is 22.0. The molecule has 0 saturated heterocycles. The van der Waals surface area contributed by atoms with Crippen LogP contribution in [0.4, 0.5) is 5.82 Å². The van der Waals surface area contributed by atoms with Crippen LogP contribution in [0, 0.1) is 27.7 Å². The largest absolute Gasteiger partial charge is 0.494 e. The second-order valence-electron chi connectivity index (χ2n) is 13.3. The number of carbonyl (C=O) groups excluding carboxylic acids is 1. The molecule has 50 heavy (non-hydrogen) atoms. The zero-order valence-electron chi connectivity index (χ0n) is 29.1. The summed E-state index contributed by atoms with van der Waals surface area (Å²) < 4.78 is 11.8. The number of hydrogen-bond acceptors (Lipinski definition) is 5. The third-order valence-corrected chi connectivity index (χ3v) is 10.8. The lowest BCUT2D eigenvalue weighted by atomic mass is 9.98. The first kappa shape index (κ1) is 33.7. The molecule has 12 heteroatoms. The smallest absolute Gasteiger partial charge is 0.335 e. The van der Waals surface area contributed by atoms with E-state index in [-0.39, 0.29) is 17.5 Å². The van der Waals surface area contributed by atoms with Gasteiger partial charge in [-0.25, -0.2) is 4.79 Å². The molecule has 1 aliphatic rings. The second kappa shape index (κ2) is 12.5. The number of fused-ring (bicyclic) bond motifs is 4. The van der Waals surface area contributed by atoms with Crippen molar-refractivity contribution in [3.8, 4) is 16.9 Å². The van der Waals surface area contributed by atoms with E-state index in [2.05, 4.69) is 11.5 Å². The van der Waals surface area contributed by atoms with Crippen LogP contribution in [0.15, 0.2) is 42.5 Å². The molecule has 1 N–H and O–H groups in total. The van der Waals surface area contributed by atoms with Crippen molar-refractivity contribution in [2.24, 2.45) is 14.1 Å². The van der Waals surface area contributed by atoms with Gasteiger partial charge in [0.25, 0.3) is 5.91 Å². The van der Waals surface area contributed by atoms with Crippen LogP contribution in [-0.2, 0) is 20.5 Å². The Morgan fingerprint density at radius 2 is 1.66 bits per heavy atom. The molecule has 1 atom stereocenters. The Morgan fingerprint density at radius 1 is 0.960 bits per heavy atom. The maximum atomic E-state index is 14.9. The van der Waals surface area contributed by atoms with Crippen molar-refractivity contribution in [1.82, 2.24) is 24.1 Å². The van der Waals surface area contributed by atoms with Crippen molar-refractivity contribution in [1.29, 1.82) is 0 Å². The number of ether oxygens (including phenoxy) is 1. The summed E-state index contributed by atoms with van der Waals surface area (Å²) >= 11 is 13.4. The average molecular weight is 714 g/mol. The Hall–Kier alpha value is -4.80. The van der Waals surface area contributed by atoms with E-state index in [1.54, 1.807) is 34.8 Å². The Kier molecular flexibility index (Phi) is 8.43. The van der Waals surface area contributed by atoms with Crippen LogP contribution in [0.3, 0.4) is 0 Å². The molecule has 0 unspecified atom stereocenters. The number of anilines is 1. The molecule has 1 amide bonds. The van der Waals surface area contributed by atoms with Gasteiger partial charge in [0.15, 0.2) is 5.82 Å². The van der Waals surface area contributed by atoms with Gasteiger partial charge in [-0.3, -0.25) is 19.1 Å². The Bertz CT molecular complexity index is 2360. The van der Waals surface area contributed by atoms with Crippen LogP contribution >= 0.6 is 23.2 Å². The number of nitrogens with zero attached hydrogens (tertiary/aromatic N) is 6. The number of amides is 1. The van der Waals surface area contributed by atoms with E-state index in [0.717, 1.165) is 60.9 Å². The van der Waals surface area contributed by atoms with Gasteiger partial charge in [-0.15, -0.1) is 0 Å². The fraction of sp³-hybridized carbons (Fsp3) is 0.316. The summed E-state index contributed by atoms with van der Waals surface area (Å²) in [6, 6.07) is 12.5. The summed E-state index contributed by atoms with van der Waals surface area (Å²) in [7, 11) is 3.68. The van der Waals surface area contributed by atoms with Gasteiger partial charge in [0.05, 0.1) is 33.9 Å². The second-order valence-corrected chi connectivity index (χ2v) is 14.0. The maximum absolute atomic E-state index is 14.9. The van der Waals surface area contributed by atoms with E-state index in [9.17, 15) is 14.7 Å². The number of hydrogen-bond donors (Lipinski definition) is 1. The number of carboxylic acids is 1. The number of rotatable bonds is 8. The molecule has 0 spiro atoms.